The molecule has 1 fully saturated rings. The van der Waals surface area contributed by atoms with Crippen LogP contribution in [-0.2, 0) is 11.3 Å². The Morgan fingerprint density at radius 1 is 1.27 bits per heavy atom. The maximum absolute atomic E-state index is 6.01. The van der Waals surface area contributed by atoms with Crippen molar-refractivity contribution in [3.05, 3.63) is 29.8 Å². The smallest absolute Gasteiger partial charge is 0.191 e. The number of benzene rings is 1. The third-order valence-corrected chi connectivity index (χ3v) is 5.44. The van der Waals surface area contributed by atoms with Gasteiger partial charge in [0, 0.05) is 38.9 Å². The normalized spacial score (nSPS) is 15.6. The van der Waals surface area contributed by atoms with Crippen molar-refractivity contribution in [3.63, 3.8) is 0 Å². The fourth-order valence-corrected chi connectivity index (χ4v) is 3.58. The average molecular weight is 419 g/mol. The Labute approximate surface area is 183 Å². The molecule has 0 unspecified atom stereocenters. The van der Waals surface area contributed by atoms with Gasteiger partial charge < -0.3 is 20.1 Å². The van der Waals surface area contributed by atoms with E-state index < -0.39 is 0 Å². The van der Waals surface area contributed by atoms with Crippen LogP contribution >= 0.6 is 0 Å². The van der Waals surface area contributed by atoms with Crippen LogP contribution in [0.15, 0.2) is 29.3 Å². The van der Waals surface area contributed by atoms with Crippen LogP contribution in [0.25, 0.3) is 0 Å². The Kier molecular flexibility index (Phi) is 11.6. The van der Waals surface area contributed by atoms with E-state index in [1.807, 2.05) is 12.1 Å². The molecule has 0 aromatic heterocycles. The molecule has 0 atom stereocenters. The van der Waals surface area contributed by atoms with Gasteiger partial charge in [-0.05, 0) is 63.3 Å². The quantitative estimate of drug-likeness (QED) is 0.308. The van der Waals surface area contributed by atoms with E-state index in [0.29, 0.717) is 19.2 Å². The van der Waals surface area contributed by atoms with Crippen molar-refractivity contribution in [1.82, 2.24) is 15.5 Å². The Morgan fingerprint density at radius 3 is 2.80 bits per heavy atom. The lowest BCUT2D eigenvalue weighted by Crippen LogP contribution is -2.38. The monoisotopic (exact) mass is 418 g/mol. The summed E-state index contributed by atoms with van der Waals surface area (Å²) in [4.78, 5) is 7.12. The number of nitrogens with one attached hydrogen (secondary N) is 2. The minimum absolute atomic E-state index is 0.612. The van der Waals surface area contributed by atoms with Crippen LogP contribution in [0.2, 0.25) is 0 Å². The predicted molar refractivity (Wildman–Crippen MR) is 125 cm³/mol. The van der Waals surface area contributed by atoms with Gasteiger partial charge in [-0.25, -0.2) is 4.99 Å². The first-order valence-electron chi connectivity index (χ1n) is 11.6. The highest BCUT2D eigenvalue weighted by Gasteiger charge is 2.17. The minimum atomic E-state index is 0.612. The molecule has 1 aliphatic rings. The van der Waals surface area contributed by atoms with E-state index in [4.69, 9.17) is 14.5 Å². The molecule has 0 radical (unpaired) electrons. The van der Waals surface area contributed by atoms with Crippen LogP contribution < -0.4 is 15.4 Å². The lowest BCUT2D eigenvalue weighted by molar-refractivity contribution is 0.0392. The lowest BCUT2D eigenvalue weighted by atomic mass is 10.1. The fraction of sp³-hybridized carbons (Fsp3) is 0.708. The molecule has 1 aromatic carbocycles. The number of rotatable bonds is 12. The number of hydrogen-bond acceptors (Lipinski definition) is 4. The molecular weight excluding hydrogens is 376 g/mol. The molecule has 6 heteroatoms. The standard InChI is InChI=1S/C24H42N4O2/c1-5-25-24(26-13-7-8-20(2)3)27-19-21-9-6-10-23(18-21)30-17-14-28(4)22-11-15-29-16-12-22/h6,9-10,18,20,22H,5,7-8,11-17,19H2,1-4H3,(H2,25,26,27). The van der Waals surface area contributed by atoms with Gasteiger partial charge >= 0.3 is 0 Å². The van der Waals surface area contributed by atoms with Crippen molar-refractivity contribution >= 4 is 5.96 Å². The van der Waals surface area contributed by atoms with Crippen LogP contribution in [0, 0.1) is 5.92 Å². The summed E-state index contributed by atoms with van der Waals surface area (Å²) in [5.41, 5.74) is 1.16. The molecule has 0 aliphatic carbocycles. The molecule has 0 saturated carbocycles. The Morgan fingerprint density at radius 2 is 2.07 bits per heavy atom. The second-order valence-electron chi connectivity index (χ2n) is 8.48. The van der Waals surface area contributed by atoms with Crippen LogP contribution in [0.4, 0.5) is 0 Å². The van der Waals surface area contributed by atoms with Gasteiger partial charge in [0.25, 0.3) is 0 Å². The summed E-state index contributed by atoms with van der Waals surface area (Å²) in [6, 6.07) is 8.88. The highest BCUT2D eigenvalue weighted by Crippen LogP contribution is 2.15. The van der Waals surface area contributed by atoms with Crippen molar-refractivity contribution in [3.8, 4) is 5.75 Å². The number of guanidine groups is 1. The second-order valence-corrected chi connectivity index (χ2v) is 8.48. The fourth-order valence-electron chi connectivity index (χ4n) is 3.58. The van der Waals surface area contributed by atoms with Gasteiger partial charge in [-0.1, -0.05) is 26.0 Å². The summed E-state index contributed by atoms with van der Waals surface area (Å²) in [7, 11) is 2.18. The van der Waals surface area contributed by atoms with Gasteiger partial charge in [0.1, 0.15) is 12.4 Å². The largest absolute Gasteiger partial charge is 0.492 e. The van der Waals surface area contributed by atoms with Gasteiger partial charge in [-0.2, -0.15) is 0 Å². The molecule has 170 valence electrons. The molecule has 1 aromatic rings. The van der Waals surface area contributed by atoms with Crippen LogP contribution in [0.5, 0.6) is 5.75 Å². The maximum Gasteiger partial charge on any atom is 0.191 e. The first-order chi connectivity index (χ1) is 14.6. The third kappa shape index (κ3) is 9.81. The zero-order valence-corrected chi connectivity index (χ0v) is 19.5. The third-order valence-electron chi connectivity index (χ3n) is 5.44. The Bertz CT molecular complexity index is 615. The predicted octanol–water partition coefficient (Wildman–Crippen LogP) is 3.67. The van der Waals surface area contributed by atoms with E-state index in [1.165, 1.54) is 6.42 Å². The maximum atomic E-state index is 6.01. The summed E-state index contributed by atoms with van der Waals surface area (Å²) in [5.74, 6) is 2.54. The molecule has 1 aliphatic heterocycles. The molecule has 0 bridgehead atoms. The van der Waals surface area contributed by atoms with Crippen molar-refractivity contribution in [2.45, 2.75) is 59.0 Å². The zero-order chi connectivity index (χ0) is 21.6. The summed E-state index contributed by atoms with van der Waals surface area (Å²) in [6.07, 6.45) is 4.62. The van der Waals surface area contributed by atoms with Crippen molar-refractivity contribution in [2.24, 2.45) is 10.9 Å². The minimum Gasteiger partial charge on any atom is -0.492 e. The molecular formula is C24H42N4O2. The van der Waals surface area contributed by atoms with Gasteiger partial charge in [0.15, 0.2) is 5.96 Å². The number of likely N-dealkylation sites (N-methyl/N-ethyl adjacent to an activating group) is 1. The van der Waals surface area contributed by atoms with E-state index in [2.05, 4.69) is 55.5 Å². The second kappa shape index (κ2) is 14.3. The topological polar surface area (TPSA) is 58.1 Å². The summed E-state index contributed by atoms with van der Waals surface area (Å²) >= 11 is 0. The molecule has 0 spiro atoms. The van der Waals surface area contributed by atoms with Crippen molar-refractivity contribution in [1.29, 1.82) is 0 Å². The van der Waals surface area contributed by atoms with Gasteiger partial charge in [-0.15, -0.1) is 0 Å². The summed E-state index contributed by atoms with van der Waals surface area (Å²) in [5, 5.41) is 6.76. The number of hydrogen-bond donors (Lipinski definition) is 2. The SMILES string of the molecule is CCNC(=NCc1cccc(OCCN(C)C2CCOCC2)c1)NCCCC(C)C. The summed E-state index contributed by atoms with van der Waals surface area (Å²) < 4.78 is 11.5. The highest BCUT2D eigenvalue weighted by molar-refractivity contribution is 5.79. The van der Waals surface area contributed by atoms with E-state index >= 15 is 0 Å². The van der Waals surface area contributed by atoms with E-state index in [1.54, 1.807) is 0 Å². The van der Waals surface area contributed by atoms with Gasteiger partial charge in [0.2, 0.25) is 0 Å². The Hall–Kier alpha value is -1.79. The molecule has 30 heavy (non-hydrogen) atoms. The molecule has 2 N–H and O–H groups in total. The van der Waals surface area contributed by atoms with Crippen LogP contribution in [-0.4, -0.2) is 63.4 Å². The first kappa shape index (κ1) is 24.5. The number of aliphatic imine (C=N–C) groups is 1. The number of nitrogens with zero attached hydrogens (tertiary/aromatic N) is 2. The highest BCUT2D eigenvalue weighted by atomic mass is 16.5. The van der Waals surface area contributed by atoms with Gasteiger partial charge in [0.05, 0.1) is 6.54 Å². The molecule has 2 rings (SSSR count). The van der Waals surface area contributed by atoms with Crippen LogP contribution in [0.1, 0.15) is 52.0 Å². The number of ether oxygens (including phenoxy) is 2. The molecule has 1 saturated heterocycles. The van der Waals surface area contributed by atoms with Crippen molar-refractivity contribution in [2.75, 3.05) is 46.5 Å². The van der Waals surface area contributed by atoms with Gasteiger partial charge in [-0.3, -0.25) is 4.90 Å². The zero-order valence-electron chi connectivity index (χ0n) is 19.5. The average Bonchev–Trinajstić information content (AvgIpc) is 2.75. The van der Waals surface area contributed by atoms with E-state index in [9.17, 15) is 0 Å². The van der Waals surface area contributed by atoms with Crippen molar-refractivity contribution < 1.29 is 9.47 Å². The molecule has 1 heterocycles. The summed E-state index contributed by atoms with van der Waals surface area (Å²) in [6.45, 7) is 12.4. The molecule has 0 amide bonds. The van der Waals surface area contributed by atoms with E-state index in [-0.39, 0.29) is 0 Å². The first-order valence-corrected chi connectivity index (χ1v) is 11.6. The van der Waals surface area contributed by atoms with Crippen LogP contribution in [0.3, 0.4) is 0 Å². The lowest BCUT2D eigenvalue weighted by Gasteiger charge is -2.31. The molecule has 6 nitrogen and oxygen atoms in total. The Balaban J connectivity index is 1.77. The van der Waals surface area contributed by atoms with E-state index in [0.717, 1.165) is 75.3 Å².